The van der Waals surface area contributed by atoms with E-state index in [0.717, 1.165) is 19.4 Å². The Balaban J connectivity index is 4.46. The highest BCUT2D eigenvalue weighted by Crippen LogP contribution is 2.19. The van der Waals surface area contributed by atoms with Crippen LogP contribution in [0.15, 0.2) is 0 Å². The summed E-state index contributed by atoms with van der Waals surface area (Å²) >= 11 is 0. The minimum atomic E-state index is -0.773. The number of carboxylic acid groups (broad SMARTS) is 1. The fourth-order valence-electron chi connectivity index (χ4n) is 2.39. The molecule has 114 valence electrons. The summed E-state index contributed by atoms with van der Waals surface area (Å²) in [6, 6.07) is 0.738. The summed E-state index contributed by atoms with van der Waals surface area (Å²) in [6.45, 7) is 11.3. The Morgan fingerprint density at radius 2 is 1.89 bits per heavy atom. The Morgan fingerprint density at radius 3 is 2.26 bits per heavy atom. The number of carboxylic acids is 1. The molecule has 0 saturated carbocycles. The monoisotopic (exact) mass is 272 g/mol. The first-order valence-corrected chi connectivity index (χ1v) is 7.50. The van der Waals surface area contributed by atoms with Gasteiger partial charge in [-0.3, -0.25) is 10.1 Å². The van der Waals surface area contributed by atoms with Crippen LogP contribution in [0.5, 0.6) is 0 Å². The van der Waals surface area contributed by atoms with Gasteiger partial charge in [-0.2, -0.15) is 0 Å². The lowest BCUT2D eigenvalue weighted by atomic mass is 9.89. The van der Waals surface area contributed by atoms with E-state index in [9.17, 15) is 9.90 Å². The number of hydrogen-bond donors (Lipinski definition) is 2. The maximum atomic E-state index is 11.6. The van der Waals surface area contributed by atoms with Gasteiger partial charge in [0.25, 0.3) is 0 Å². The van der Waals surface area contributed by atoms with Crippen molar-refractivity contribution in [1.82, 2.24) is 10.2 Å². The summed E-state index contributed by atoms with van der Waals surface area (Å²) in [4.78, 5) is 13.9. The van der Waals surface area contributed by atoms with Crippen LogP contribution < -0.4 is 5.32 Å². The SMILES string of the molecule is CCC(C)N(C)CCCC(CC)(NC(C)C)C(=O)O. The number of nitrogens with one attached hydrogen (secondary N) is 1. The summed E-state index contributed by atoms with van der Waals surface area (Å²) in [5, 5.41) is 12.8. The molecule has 0 amide bonds. The van der Waals surface area contributed by atoms with Crippen molar-refractivity contribution in [2.24, 2.45) is 0 Å². The van der Waals surface area contributed by atoms with Crippen LogP contribution in [0.2, 0.25) is 0 Å². The number of nitrogens with zero attached hydrogens (tertiary/aromatic N) is 1. The van der Waals surface area contributed by atoms with Crippen LogP contribution in [0, 0.1) is 0 Å². The van der Waals surface area contributed by atoms with Crippen LogP contribution in [-0.2, 0) is 4.79 Å². The Kier molecular flexibility index (Phi) is 8.26. The first-order valence-electron chi connectivity index (χ1n) is 7.50. The lowest BCUT2D eigenvalue weighted by Crippen LogP contribution is -2.54. The smallest absolute Gasteiger partial charge is 0.323 e. The second-order valence-electron chi connectivity index (χ2n) is 5.88. The largest absolute Gasteiger partial charge is 0.480 e. The normalized spacial score (nSPS) is 16.6. The zero-order chi connectivity index (χ0) is 15.1. The zero-order valence-corrected chi connectivity index (χ0v) is 13.5. The van der Waals surface area contributed by atoms with Crippen molar-refractivity contribution in [3.05, 3.63) is 0 Å². The Hall–Kier alpha value is -0.610. The third-order valence-electron chi connectivity index (χ3n) is 4.04. The van der Waals surface area contributed by atoms with Crippen molar-refractivity contribution >= 4 is 5.97 Å². The summed E-state index contributed by atoms with van der Waals surface area (Å²) in [6.07, 6.45) is 3.32. The average Bonchev–Trinajstić information content (AvgIpc) is 2.35. The summed E-state index contributed by atoms with van der Waals surface area (Å²) in [7, 11) is 2.11. The molecule has 0 bridgehead atoms. The number of aliphatic carboxylic acids is 1. The van der Waals surface area contributed by atoms with Crippen molar-refractivity contribution in [2.45, 2.75) is 77.9 Å². The summed E-state index contributed by atoms with van der Waals surface area (Å²) in [5.41, 5.74) is -0.773. The Morgan fingerprint density at radius 1 is 1.32 bits per heavy atom. The van der Waals surface area contributed by atoms with Gasteiger partial charge in [0.05, 0.1) is 0 Å². The molecule has 0 aliphatic heterocycles. The van der Waals surface area contributed by atoms with Gasteiger partial charge in [-0.1, -0.05) is 13.8 Å². The molecular weight excluding hydrogens is 240 g/mol. The second-order valence-corrected chi connectivity index (χ2v) is 5.88. The molecule has 4 nitrogen and oxygen atoms in total. The van der Waals surface area contributed by atoms with E-state index in [4.69, 9.17) is 0 Å². The number of hydrogen-bond acceptors (Lipinski definition) is 3. The molecule has 0 saturated heterocycles. The zero-order valence-electron chi connectivity index (χ0n) is 13.5. The molecule has 0 aliphatic rings. The Bertz CT molecular complexity index is 269. The van der Waals surface area contributed by atoms with Gasteiger partial charge in [-0.25, -0.2) is 0 Å². The van der Waals surface area contributed by atoms with Crippen molar-refractivity contribution in [1.29, 1.82) is 0 Å². The van der Waals surface area contributed by atoms with E-state index < -0.39 is 11.5 Å². The Labute approximate surface area is 118 Å². The van der Waals surface area contributed by atoms with E-state index in [1.807, 2.05) is 20.8 Å². The molecule has 0 spiro atoms. The van der Waals surface area contributed by atoms with Gasteiger partial charge in [-0.15, -0.1) is 0 Å². The first-order chi connectivity index (χ1) is 8.79. The molecule has 0 aromatic heterocycles. The van der Waals surface area contributed by atoms with Crippen LogP contribution in [0.1, 0.15) is 60.3 Å². The van der Waals surface area contributed by atoms with E-state index in [0.29, 0.717) is 18.9 Å². The van der Waals surface area contributed by atoms with Crippen LogP contribution in [-0.4, -0.2) is 47.2 Å². The predicted molar refractivity (Wildman–Crippen MR) is 80.5 cm³/mol. The highest BCUT2D eigenvalue weighted by Gasteiger charge is 2.36. The van der Waals surface area contributed by atoms with Gasteiger partial charge in [0.15, 0.2) is 0 Å². The number of rotatable bonds is 10. The van der Waals surface area contributed by atoms with Crippen molar-refractivity contribution in [3.8, 4) is 0 Å². The fourth-order valence-corrected chi connectivity index (χ4v) is 2.39. The highest BCUT2D eigenvalue weighted by atomic mass is 16.4. The average molecular weight is 272 g/mol. The molecule has 19 heavy (non-hydrogen) atoms. The van der Waals surface area contributed by atoms with Crippen molar-refractivity contribution in [2.75, 3.05) is 13.6 Å². The van der Waals surface area contributed by atoms with Gasteiger partial charge >= 0.3 is 5.97 Å². The third-order valence-corrected chi connectivity index (χ3v) is 4.04. The van der Waals surface area contributed by atoms with Gasteiger partial charge in [0, 0.05) is 12.1 Å². The van der Waals surface area contributed by atoms with Crippen LogP contribution in [0.4, 0.5) is 0 Å². The molecule has 0 aliphatic carbocycles. The molecule has 0 aromatic rings. The van der Waals surface area contributed by atoms with E-state index in [1.54, 1.807) is 0 Å². The van der Waals surface area contributed by atoms with Crippen molar-refractivity contribution in [3.63, 3.8) is 0 Å². The summed E-state index contributed by atoms with van der Waals surface area (Å²) in [5.74, 6) is -0.727. The minimum absolute atomic E-state index is 0.184. The number of carbonyl (C=O) groups is 1. The van der Waals surface area contributed by atoms with Crippen LogP contribution >= 0.6 is 0 Å². The lowest BCUT2D eigenvalue weighted by molar-refractivity contribution is -0.145. The van der Waals surface area contributed by atoms with Crippen LogP contribution in [0.3, 0.4) is 0 Å². The van der Waals surface area contributed by atoms with Gasteiger partial charge in [-0.05, 0) is 60.0 Å². The molecule has 2 unspecified atom stereocenters. The lowest BCUT2D eigenvalue weighted by Gasteiger charge is -2.33. The van der Waals surface area contributed by atoms with E-state index >= 15 is 0 Å². The minimum Gasteiger partial charge on any atom is -0.480 e. The standard InChI is InChI=1S/C15H32N2O2/c1-7-13(5)17(6)11-9-10-15(8-2,14(18)19)16-12(3)4/h12-13,16H,7-11H2,1-6H3,(H,18,19). The molecule has 0 heterocycles. The van der Waals surface area contributed by atoms with E-state index in [1.165, 1.54) is 0 Å². The quantitative estimate of drug-likeness (QED) is 0.642. The maximum absolute atomic E-state index is 11.6. The van der Waals surface area contributed by atoms with Crippen LogP contribution in [0.25, 0.3) is 0 Å². The highest BCUT2D eigenvalue weighted by molar-refractivity contribution is 5.78. The van der Waals surface area contributed by atoms with E-state index in [-0.39, 0.29) is 6.04 Å². The summed E-state index contributed by atoms with van der Waals surface area (Å²) < 4.78 is 0. The second kappa shape index (κ2) is 8.54. The predicted octanol–water partition coefficient (Wildman–Crippen LogP) is 2.73. The first kappa shape index (κ1) is 18.4. The molecular formula is C15H32N2O2. The molecule has 2 atom stereocenters. The van der Waals surface area contributed by atoms with Crippen molar-refractivity contribution < 1.29 is 9.90 Å². The van der Waals surface area contributed by atoms with Gasteiger partial charge in [0.2, 0.25) is 0 Å². The third kappa shape index (κ3) is 5.91. The maximum Gasteiger partial charge on any atom is 0.323 e. The van der Waals surface area contributed by atoms with E-state index in [2.05, 4.69) is 31.1 Å². The molecule has 4 heteroatoms. The topological polar surface area (TPSA) is 52.6 Å². The fraction of sp³-hybridized carbons (Fsp3) is 0.933. The molecule has 0 rings (SSSR count). The molecule has 2 N–H and O–H groups in total. The molecule has 0 fully saturated rings. The molecule has 0 aromatic carbocycles. The molecule has 0 radical (unpaired) electrons. The van der Waals surface area contributed by atoms with Gasteiger partial charge in [0.1, 0.15) is 5.54 Å². The van der Waals surface area contributed by atoms with Gasteiger partial charge < -0.3 is 10.0 Å².